The third-order valence-corrected chi connectivity index (χ3v) is 3.54. The summed E-state index contributed by atoms with van der Waals surface area (Å²) in [6, 6.07) is 3.47. The lowest BCUT2D eigenvalue weighted by Gasteiger charge is -1.98. The zero-order chi connectivity index (χ0) is 12.5. The zero-order valence-electron chi connectivity index (χ0n) is 9.53. The highest BCUT2D eigenvalue weighted by atomic mass is 32.2. The van der Waals surface area contributed by atoms with E-state index in [0.717, 1.165) is 0 Å². The number of carbonyl (C=O) groups excluding carboxylic acids is 1. The van der Waals surface area contributed by atoms with Crippen molar-refractivity contribution < 1.29 is 18.4 Å². The lowest BCUT2D eigenvalue weighted by molar-refractivity contribution is -0.140. The quantitative estimate of drug-likeness (QED) is 0.787. The van der Waals surface area contributed by atoms with Gasteiger partial charge >= 0.3 is 5.97 Å². The summed E-state index contributed by atoms with van der Waals surface area (Å²) in [5.74, 6) is 0.587. The number of hydrogen-bond donors (Lipinski definition) is 0. The molecule has 1 aliphatic heterocycles. The molecule has 0 aliphatic carbocycles. The topological polar surface area (TPSA) is 78.4 Å². The summed E-state index contributed by atoms with van der Waals surface area (Å²) in [7, 11) is 0. The van der Waals surface area contributed by atoms with E-state index >= 15 is 0 Å². The molecule has 1 fully saturated rings. The Balaban J connectivity index is 1.73. The highest BCUT2D eigenvalue weighted by Gasteiger charge is 2.34. The Morgan fingerprint density at radius 3 is 3.00 bits per heavy atom. The number of esters is 1. The molecule has 3 heterocycles. The van der Waals surface area contributed by atoms with Gasteiger partial charge in [-0.15, -0.1) is 10.2 Å². The minimum atomic E-state index is -0.273. The number of furan rings is 1. The van der Waals surface area contributed by atoms with Crippen LogP contribution in [-0.2, 0) is 9.53 Å². The molecule has 94 valence electrons. The van der Waals surface area contributed by atoms with Crippen molar-refractivity contribution in [2.24, 2.45) is 0 Å². The van der Waals surface area contributed by atoms with E-state index in [4.69, 9.17) is 13.6 Å². The summed E-state index contributed by atoms with van der Waals surface area (Å²) in [4.78, 5) is 11.5. The van der Waals surface area contributed by atoms with E-state index in [-0.39, 0.29) is 17.3 Å². The normalized spacial score (nSPS) is 23.3. The molecule has 1 saturated heterocycles. The first-order valence-electron chi connectivity index (χ1n) is 5.47. The van der Waals surface area contributed by atoms with Crippen LogP contribution in [-0.4, -0.2) is 27.5 Å². The molecule has 0 saturated carbocycles. The van der Waals surface area contributed by atoms with Crippen molar-refractivity contribution in [3.63, 3.8) is 0 Å². The molecule has 0 amide bonds. The van der Waals surface area contributed by atoms with Crippen molar-refractivity contribution in [3.8, 4) is 11.7 Å². The van der Waals surface area contributed by atoms with Crippen molar-refractivity contribution >= 4 is 17.7 Å². The summed E-state index contributed by atoms with van der Waals surface area (Å²) in [6.07, 6.45) is 2.13. The van der Waals surface area contributed by atoms with E-state index in [1.165, 1.54) is 18.0 Å². The second-order valence-corrected chi connectivity index (χ2v) is 5.09. The van der Waals surface area contributed by atoms with Crippen LogP contribution in [0.15, 0.2) is 32.5 Å². The van der Waals surface area contributed by atoms with Crippen LogP contribution in [0.25, 0.3) is 11.7 Å². The maximum atomic E-state index is 11.5. The Labute approximate surface area is 107 Å². The third-order valence-electron chi connectivity index (χ3n) is 2.51. The predicted molar refractivity (Wildman–Crippen MR) is 61.8 cm³/mol. The number of thioether (sulfide) groups is 1. The van der Waals surface area contributed by atoms with Crippen molar-refractivity contribution in [2.75, 3.05) is 0 Å². The summed E-state index contributed by atoms with van der Waals surface area (Å²) in [5, 5.41) is 7.81. The van der Waals surface area contributed by atoms with Crippen LogP contribution in [0.4, 0.5) is 0 Å². The average Bonchev–Trinajstić information content (AvgIpc) is 3.02. The summed E-state index contributed by atoms with van der Waals surface area (Å²) in [5.41, 5.74) is 0. The van der Waals surface area contributed by atoms with E-state index < -0.39 is 0 Å². The number of hydrogen-bond acceptors (Lipinski definition) is 7. The monoisotopic (exact) mass is 266 g/mol. The van der Waals surface area contributed by atoms with Crippen LogP contribution < -0.4 is 0 Å². The summed E-state index contributed by atoms with van der Waals surface area (Å²) >= 11 is 1.22. The van der Waals surface area contributed by atoms with E-state index in [1.807, 2.05) is 6.92 Å². The zero-order valence-corrected chi connectivity index (χ0v) is 10.3. The third kappa shape index (κ3) is 2.13. The summed E-state index contributed by atoms with van der Waals surface area (Å²) < 4.78 is 15.6. The molecule has 0 bridgehead atoms. The van der Waals surface area contributed by atoms with Gasteiger partial charge in [-0.05, 0) is 30.8 Å². The molecule has 2 aromatic rings. The van der Waals surface area contributed by atoms with Gasteiger partial charge in [0, 0.05) is 6.42 Å². The van der Waals surface area contributed by atoms with Crippen LogP contribution in [0, 0.1) is 0 Å². The first-order chi connectivity index (χ1) is 8.72. The minimum absolute atomic E-state index is 0.0533. The van der Waals surface area contributed by atoms with Crippen molar-refractivity contribution in [1.82, 2.24) is 10.2 Å². The fraction of sp³-hybridized carbons (Fsp3) is 0.364. The first kappa shape index (κ1) is 11.3. The van der Waals surface area contributed by atoms with Gasteiger partial charge in [-0.2, -0.15) is 0 Å². The Morgan fingerprint density at radius 2 is 2.33 bits per heavy atom. The fourth-order valence-corrected chi connectivity index (χ4v) is 2.67. The van der Waals surface area contributed by atoms with Crippen molar-refractivity contribution in [2.45, 2.75) is 29.9 Å². The molecule has 6 nitrogen and oxygen atoms in total. The van der Waals surface area contributed by atoms with Crippen LogP contribution in [0.1, 0.15) is 13.3 Å². The second kappa shape index (κ2) is 4.49. The van der Waals surface area contributed by atoms with Gasteiger partial charge in [0.05, 0.1) is 6.26 Å². The molecule has 0 unspecified atom stereocenters. The van der Waals surface area contributed by atoms with E-state index in [1.54, 1.807) is 12.1 Å². The van der Waals surface area contributed by atoms with Gasteiger partial charge in [0.1, 0.15) is 11.4 Å². The molecular weight excluding hydrogens is 256 g/mol. The van der Waals surface area contributed by atoms with E-state index in [9.17, 15) is 4.79 Å². The molecular formula is C11H10N2O4S. The molecule has 0 N–H and O–H groups in total. The predicted octanol–water partition coefficient (Wildman–Crippen LogP) is 2.13. The molecule has 3 rings (SSSR count). The van der Waals surface area contributed by atoms with Crippen LogP contribution in [0.3, 0.4) is 0 Å². The molecule has 2 aromatic heterocycles. The average molecular weight is 266 g/mol. The SMILES string of the molecule is C[C@@H]1C[C@H](Sc2nnc(-c3ccco3)o2)C(=O)O1. The number of carbonyl (C=O) groups is 1. The maximum Gasteiger partial charge on any atom is 0.320 e. The number of ether oxygens (including phenoxy) is 1. The van der Waals surface area contributed by atoms with E-state index in [2.05, 4.69) is 10.2 Å². The number of aromatic nitrogens is 2. The molecule has 0 aromatic carbocycles. The number of cyclic esters (lactones) is 1. The largest absolute Gasteiger partial charge is 0.462 e. The van der Waals surface area contributed by atoms with E-state index in [0.29, 0.717) is 23.3 Å². The Hall–Kier alpha value is -1.76. The highest BCUT2D eigenvalue weighted by molar-refractivity contribution is 8.00. The van der Waals surface area contributed by atoms with Gasteiger partial charge in [-0.25, -0.2) is 0 Å². The molecule has 18 heavy (non-hydrogen) atoms. The van der Waals surface area contributed by atoms with Crippen molar-refractivity contribution in [3.05, 3.63) is 18.4 Å². The second-order valence-electron chi connectivity index (χ2n) is 3.94. The minimum Gasteiger partial charge on any atom is -0.462 e. The van der Waals surface area contributed by atoms with Crippen LogP contribution >= 0.6 is 11.8 Å². The van der Waals surface area contributed by atoms with Crippen molar-refractivity contribution in [1.29, 1.82) is 0 Å². The van der Waals surface area contributed by atoms with Crippen LogP contribution in [0.5, 0.6) is 0 Å². The molecule has 2 atom stereocenters. The van der Waals surface area contributed by atoms with Crippen LogP contribution in [0.2, 0.25) is 0 Å². The fourth-order valence-electron chi connectivity index (χ4n) is 1.70. The maximum absolute atomic E-state index is 11.5. The van der Waals surface area contributed by atoms with Gasteiger partial charge in [0.15, 0.2) is 5.76 Å². The van der Waals surface area contributed by atoms with Gasteiger partial charge in [-0.3, -0.25) is 4.79 Å². The lowest BCUT2D eigenvalue weighted by Crippen LogP contribution is -2.09. The summed E-state index contributed by atoms with van der Waals surface area (Å²) in [6.45, 7) is 1.86. The molecule has 0 radical (unpaired) electrons. The number of rotatable bonds is 3. The standard InChI is InChI=1S/C11H10N2O4S/c1-6-5-8(10(14)16-6)18-11-13-12-9(17-11)7-3-2-4-15-7/h2-4,6,8H,5H2,1H3/t6-,8+/m1/s1. The molecule has 7 heteroatoms. The Bertz CT molecular complexity index is 551. The smallest absolute Gasteiger partial charge is 0.320 e. The van der Waals surface area contributed by atoms with Gasteiger partial charge in [0.25, 0.3) is 11.1 Å². The molecule has 1 aliphatic rings. The van der Waals surface area contributed by atoms with Gasteiger partial charge < -0.3 is 13.6 Å². The number of nitrogens with zero attached hydrogens (tertiary/aromatic N) is 2. The highest BCUT2D eigenvalue weighted by Crippen LogP contribution is 2.32. The Kier molecular flexibility index (Phi) is 2.83. The van der Waals surface area contributed by atoms with Gasteiger partial charge in [0.2, 0.25) is 0 Å². The molecule has 0 spiro atoms. The lowest BCUT2D eigenvalue weighted by atomic mass is 10.3. The van der Waals surface area contributed by atoms with Gasteiger partial charge in [-0.1, -0.05) is 0 Å². The Morgan fingerprint density at radius 1 is 1.44 bits per heavy atom. The first-order valence-corrected chi connectivity index (χ1v) is 6.35.